The molecule has 0 unspecified atom stereocenters. The molecule has 1 aliphatic rings. The molecule has 1 aliphatic carbocycles. The quantitative estimate of drug-likeness (QED) is 0.411. The van der Waals surface area contributed by atoms with Gasteiger partial charge in [-0.3, -0.25) is 4.79 Å². The number of esters is 1. The number of nitrogens with one attached hydrogen (secondary N) is 1. The summed E-state index contributed by atoms with van der Waals surface area (Å²) in [6, 6.07) is 11.0. The molecule has 1 amide bonds. The van der Waals surface area contributed by atoms with E-state index in [1.165, 1.54) is 19.3 Å². The minimum Gasteiger partial charge on any atom is -0.487 e. The van der Waals surface area contributed by atoms with Crippen molar-refractivity contribution in [2.75, 3.05) is 13.2 Å². The largest absolute Gasteiger partial charge is 0.487 e. The molecule has 1 saturated carbocycles. The van der Waals surface area contributed by atoms with Crippen LogP contribution < -0.4 is 10.1 Å². The molecule has 166 valence electrons. The summed E-state index contributed by atoms with van der Waals surface area (Å²) < 4.78 is 12.8. The Bertz CT molecular complexity index is 885. The summed E-state index contributed by atoms with van der Waals surface area (Å²) in [6.07, 6.45) is 6.07. The molecular formula is C24H27Br2NO4. The Balaban J connectivity index is 1.43. The van der Waals surface area contributed by atoms with Crippen LogP contribution in [0.25, 0.3) is 0 Å². The fraction of sp³-hybridized carbons (Fsp3) is 0.417. The molecule has 2 aromatic carbocycles. The highest BCUT2D eigenvalue weighted by atomic mass is 79.9. The summed E-state index contributed by atoms with van der Waals surface area (Å²) >= 11 is 7.03. The minimum atomic E-state index is -0.510. The molecule has 0 radical (unpaired) electrons. The van der Waals surface area contributed by atoms with Gasteiger partial charge in [-0.25, -0.2) is 4.79 Å². The molecule has 0 bridgehead atoms. The molecule has 1 N–H and O–H groups in total. The van der Waals surface area contributed by atoms with Crippen molar-refractivity contribution in [3.8, 4) is 5.75 Å². The normalized spacial score (nSPS) is 14.2. The van der Waals surface area contributed by atoms with Gasteiger partial charge in [0, 0.05) is 6.54 Å². The smallest absolute Gasteiger partial charge is 0.338 e. The molecule has 5 nitrogen and oxygen atoms in total. The number of aryl methyl sites for hydroxylation is 1. The first-order chi connectivity index (χ1) is 14.9. The molecule has 1 fully saturated rings. The molecule has 0 heterocycles. The lowest BCUT2D eigenvalue weighted by Crippen LogP contribution is -2.33. The fourth-order valence-corrected chi connectivity index (χ4v) is 5.28. The third kappa shape index (κ3) is 7.35. The lowest BCUT2D eigenvalue weighted by Gasteiger charge is -2.21. The summed E-state index contributed by atoms with van der Waals surface area (Å²) in [7, 11) is 0. The Morgan fingerprint density at radius 1 is 1.03 bits per heavy atom. The van der Waals surface area contributed by atoms with Crippen LogP contribution in [0.4, 0.5) is 0 Å². The van der Waals surface area contributed by atoms with E-state index in [2.05, 4.69) is 37.2 Å². The molecule has 3 rings (SSSR count). The van der Waals surface area contributed by atoms with Crippen molar-refractivity contribution in [3.05, 3.63) is 62.0 Å². The molecule has 0 saturated heterocycles. The molecule has 31 heavy (non-hydrogen) atoms. The molecule has 2 aromatic rings. The number of rotatable bonds is 8. The molecule has 7 heteroatoms. The van der Waals surface area contributed by atoms with Crippen molar-refractivity contribution in [1.29, 1.82) is 0 Å². The van der Waals surface area contributed by atoms with Gasteiger partial charge in [-0.15, -0.1) is 0 Å². The highest BCUT2D eigenvalue weighted by molar-refractivity contribution is 9.11. The third-order valence-corrected chi connectivity index (χ3v) is 6.54. The first-order valence-electron chi connectivity index (χ1n) is 10.5. The highest BCUT2D eigenvalue weighted by Gasteiger charge is 2.15. The van der Waals surface area contributed by atoms with Gasteiger partial charge in [0.2, 0.25) is 0 Å². The zero-order valence-electron chi connectivity index (χ0n) is 17.6. The maximum atomic E-state index is 12.2. The lowest BCUT2D eigenvalue weighted by molar-refractivity contribution is -0.124. The van der Waals surface area contributed by atoms with Crippen LogP contribution in [0.15, 0.2) is 45.3 Å². The summed E-state index contributed by atoms with van der Waals surface area (Å²) in [5.41, 5.74) is 2.44. The van der Waals surface area contributed by atoms with Crippen molar-refractivity contribution in [1.82, 2.24) is 5.32 Å². The van der Waals surface area contributed by atoms with E-state index < -0.39 is 5.97 Å². The zero-order valence-corrected chi connectivity index (χ0v) is 20.8. The van der Waals surface area contributed by atoms with Gasteiger partial charge in [-0.1, -0.05) is 31.4 Å². The van der Waals surface area contributed by atoms with Crippen LogP contribution in [0.5, 0.6) is 5.75 Å². The zero-order chi connectivity index (χ0) is 22.2. The maximum absolute atomic E-state index is 12.2. The van der Waals surface area contributed by atoms with E-state index in [9.17, 15) is 9.59 Å². The van der Waals surface area contributed by atoms with Gasteiger partial charge in [0.15, 0.2) is 6.61 Å². The molecule has 0 atom stereocenters. The molecule has 0 aliphatic heterocycles. The summed E-state index contributed by atoms with van der Waals surface area (Å²) in [5.74, 6) is 0.514. The van der Waals surface area contributed by atoms with Crippen molar-refractivity contribution < 1.29 is 19.1 Å². The Hall–Kier alpha value is -1.86. The number of halogens is 2. The first-order valence-corrected chi connectivity index (χ1v) is 12.1. The van der Waals surface area contributed by atoms with E-state index in [1.807, 2.05) is 31.2 Å². The van der Waals surface area contributed by atoms with Crippen molar-refractivity contribution in [2.45, 2.75) is 45.6 Å². The predicted octanol–water partition coefficient (Wildman–Crippen LogP) is 5.95. The predicted molar refractivity (Wildman–Crippen MR) is 127 cm³/mol. The molecular weight excluding hydrogens is 526 g/mol. The number of hydrogen-bond donors (Lipinski definition) is 1. The Morgan fingerprint density at radius 3 is 2.32 bits per heavy atom. The second-order valence-electron chi connectivity index (χ2n) is 7.93. The van der Waals surface area contributed by atoms with Crippen LogP contribution in [0.2, 0.25) is 0 Å². The second-order valence-corrected chi connectivity index (χ2v) is 9.64. The highest BCUT2D eigenvalue weighted by Crippen LogP contribution is 2.35. The maximum Gasteiger partial charge on any atom is 0.338 e. The van der Waals surface area contributed by atoms with Crippen molar-refractivity contribution >= 4 is 43.7 Å². The number of benzene rings is 2. The van der Waals surface area contributed by atoms with Crippen LogP contribution in [-0.2, 0) is 16.1 Å². The van der Waals surface area contributed by atoms with E-state index >= 15 is 0 Å². The van der Waals surface area contributed by atoms with Crippen molar-refractivity contribution in [3.63, 3.8) is 0 Å². The van der Waals surface area contributed by atoms with E-state index in [-0.39, 0.29) is 12.5 Å². The summed E-state index contributed by atoms with van der Waals surface area (Å²) in [6.45, 7) is 2.78. The van der Waals surface area contributed by atoms with E-state index in [1.54, 1.807) is 12.1 Å². The van der Waals surface area contributed by atoms with Crippen LogP contribution in [-0.4, -0.2) is 25.0 Å². The topological polar surface area (TPSA) is 64.6 Å². The van der Waals surface area contributed by atoms with E-state index in [4.69, 9.17) is 9.47 Å². The van der Waals surface area contributed by atoms with Crippen molar-refractivity contribution in [2.24, 2.45) is 5.92 Å². The molecule has 0 spiro atoms. The van der Waals surface area contributed by atoms with Gasteiger partial charge in [0.1, 0.15) is 12.4 Å². The van der Waals surface area contributed by atoms with E-state index in [0.29, 0.717) is 24.6 Å². The van der Waals surface area contributed by atoms with E-state index in [0.717, 1.165) is 38.7 Å². The number of carbonyl (C=O) groups is 2. The van der Waals surface area contributed by atoms with Crippen LogP contribution in [0, 0.1) is 12.8 Å². The third-order valence-electron chi connectivity index (χ3n) is 5.36. The van der Waals surface area contributed by atoms with Gasteiger partial charge in [0.25, 0.3) is 5.91 Å². The first kappa shape index (κ1) is 23.8. The van der Waals surface area contributed by atoms with Gasteiger partial charge < -0.3 is 14.8 Å². The monoisotopic (exact) mass is 551 g/mol. The Morgan fingerprint density at radius 2 is 1.68 bits per heavy atom. The van der Waals surface area contributed by atoms with Gasteiger partial charge in [-0.05, 0) is 92.9 Å². The number of hydrogen-bond acceptors (Lipinski definition) is 4. The Kier molecular flexibility index (Phi) is 8.96. The van der Waals surface area contributed by atoms with Gasteiger partial charge >= 0.3 is 5.97 Å². The van der Waals surface area contributed by atoms with Crippen LogP contribution >= 0.6 is 31.9 Å². The van der Waals surface area contributed by atoms with Gasteiger partial charge in [-0.2, -0.15) is 0 Å². The average Bonchev–Trinajstić information content (AvgIpc) is 2.76. The SMILES string of the molecule is Cc1cc(Br)c(OCc2ccc(C(=O)OCC(=O)NCC3CCCCC3)cc2)c(Br)c1. The second kappa shape index (κ2) is 11.7. The summed E-state index contributed by atoms with van der Waals surface area (Å²) in [4.78, 5) is 24.2. The Labute approximate surface area is 200 Å². The lowest BCUT2D eigenvalue weighted by atomic mass is 9.89. The molecule has 0 aromatic heterocycles. The standard InChI is InChI=1S/C24H27Br2NO4/c1-16-11-20(25)23(21(26)12-16)30-14-18-7-9-19(10-8-18)24(29)31-15-22(28)27-13-17-5-3-2-4-6-17/h7-12,17H,2-6,13-15H2,1H3,(H,27,28). The summed E-state index contributed by atoms with van der Waals surface area (Å²) in [5, 5.41) is 2.87. The van der Waals surface area contributed by atoms with Gasteiger partial charge in [0.05, 0.1) is 14.5 Å². The number of amides is 1. The van der Waals surface area contributed by atoms with Crippen LogP contribution in [0.1, 0.15) is 53.6 Å². The average molecular weight is 553 g/mol. The van der Waals surface area contributed by atoms with Crippen LogP contribution in [0.3, 0.4) is 0 Å². The number of carbonyl (C=O) groups excluding carboxylic acids is 2. The fourth-order valence-electron chi connectivity index (χ4n) is 3.63. The number of ether oxygens (including phenoxy) is 2. The minimum absolute atomic E-state index is 0.252.